The van der Waals surface area contributed by atoms with Crippen LogP contribution in [0.2, 0.25) is 0 Å². The fourth-order valence-electron chi connectivity index (χ4n) is 2.16. The number of benzene rings is 2. The van der Waals surface area contributed by atoms with Gasteiger partial charge in [0.05, 0.1) is 6.10 Å². The molecule has 2 aromatic rings. The number of hydrogen-bond acceptors (Lipinski definition) is 3. The van der Waals surface area contributed by atoms with Crippen LogP contribution < -0.4 is 5.32 Å². The summed E-state index contributed by atoms with van der Waals surface area (Å²) in [7, 11) is 0. The Morgan fingerprint density at radius 2 is 1.77 bits per heavy atom. The lowest BCUT2D eigenvalue weighted by molar-refractivity contribution is 0.0939. The van der Waals surface area contributed by atoms with Gasteiger partial charge in [0.15, 0.2) is 5.78 Å². The molecule has 0 heterocycles. The molecule has 1 unspecified atom stereocenters. The Kier molecular flexibility index (Phi) is 6.25. The van der Waals surface area contributed by atoms with Gasteiger partial charge in [0.2, 0.25) is 0 Å². The summed E-state index contributed by atoms with van der Waals surface area (Å²) in [5, 5.41) is 13.1. The van der Waals surface area contributed by atoms with Crippen LogP contribution in [0.25, 0.3) is 0 Å². The lowest BCUT2D eigenvalue weighted by atomic mass is 10.0. The van der Waals surface area contributed by atoms with Crippen molar-refractivity contribution in [1.82, 2.24) is 5.32 Å². The fourth-order valence-corrected chi connectivity index (χ4v) is 2.16. The summed E-state index contributed by atoms with van der Waals surface area (Å²) in [6.07, 6.45) is 0.0609. The van der Waals surface area contributed by atoms with E-state index in [-0.39, 0.29) is 18.0 Å². The van der Waals surface area contributed by atoms with Crippen LogP contribution in [0.4, 0.5) is 4.39 Å². The van der Waals surface area contributed by atoms with E-state index in [1.54, 1.807) is 0 Å². The molecule has 0 aromatic heterocycles. The van der Waals surface area contributed by atoms with Crippen LogP contribution in [0.5, 0.6) is 0 Å². The third kappa shape index (κ3) is 5.39. The highest BCUT2D eigenvalue weighted by atomic mass is 19.1. The molecule has 0 spiro atoms. The van der Waals surface area contributed by atoms with Gasteiger partial charge in [-0.1, -0.05) is 30.3 Å². The van der Waals surface area contributed by atoms with Gasteiger partial charge in [0.1, 0.15) is 5.82 Å². The molecule has 0 saturated heterocycles. The third-order valence-electron chi connectivity index (χ3n) is 3.42. The van der Waals surface area contributed by atoms with E-state index in [0.29, 0.717) is 25.1 Å². The van der Waals surface area contributed by atoms with Crippen molar-refractivity contribution in [2.45, 2.75) is 25.5 Å². The van der Waals surface area contributed by atoms with Gasteiger partial charge in [-0.2, -0.15) is 0 Å². The number of carbonyl (C=O) groups is 1. The van der Waals surface area contributed by atoms with Gasteiger partial charge in [0.25, 0.3) is 0 Å². The van der Waals surface area contributed by atoms with Gasteiger partial charge in [-0.15, -0.1) is 0 Å². The van der Waals surface area contributed by atoms with Gasteiger partial charge in [-0.05, 0) is 36.2 Å². The number of rotatable bonds is 8. The van der Waals surface area contributed by atoms with E-state index in [0.717, 1.165) is 5.56 Å². The van der Waals surface area contributed by atoms with Crippen LogP contribution in [-0.2, 0) is 6.54 Å². The molecule has 0 fully saturated rings. The van der Waals surface area contributed by atoms with E-state index in [9.17, 15) is 14.3 Å². The number of aliphatic hydroxyl groups is 1. The molecule has 3 nitrogen and oxygen atoms in total. The van der Waals surface area contributed by atoms with Gasteiger partial charge in [-0.3, -0.25) is 4.79 Å². The highest BCUT2D eigenvalue weighted by Gasteiger charge is 2.10. The first kappa shape index (κ1) is 16.3. The average molecular weight is 301 g/mol. The Labute approximate surface area is 129 Å². The highest BCUT2D eigenvalue weighted by Crippen LogP contribution is 2.08. The Morgan fingerprint density at radius 3 is 2.45 bits per heavy atom. The molecule has 0 saturated carbocycles. The minimum absolute atomic E-state index is 0.0814. The van der Waals surface area contributed by atoms with Gasteiger partial charge >= 0.3 is 0 Å². The first-order chi connectivity index (χ1) is 10.6. The Hall–Kier alpha value is -2.04. The summed E-state index contributed by atoms with van der Waals surface area (Å²) < 4.78 is 12.8. The quantitative estimate of drug-likeness (QED) is 0.737. The van der Waals surface area contributed by atoms with E-state index in [1.165, 1.54) is 24.3 Å². The molecule has 22 heavy (non-hydrogen) atoms. The molecule has 0 aliphatic carbocycles. The van der Waals surface area contributed by atoms with Crippen molar-refractivity contribution in [1.29, 1.82) is 0 Å². The minimum atomic E-state index is -0.576. The van der Waals surface area contributed by atoms with E-state index in [2.05, 4.69) is 5.32 Å². The van der Waals surface area contributed by atoms with Crippen molar-refractivity contribution < 1.29 is 14.3 Å². The van der Waals surface area contributed by atoms with E-state index < -0.39 is 6.10 Å². The number of ketones is 1. The maximum absolute atomic E-state index is 12.8. The van der Waals surface area contributed by atoms with E-state index in [1.807, 2.05) is 30.3 Å². The first-order valence-electron chi connectivity index (χ1n) is 7.36. The predicted octanol–water partition coefficient (Wildman–Crippen LogP) is 2.94. The zero-order valence-corrected chi connectivity index (χ0v) is 12.3. The summed E-state index contributed by atoms with van der Waals surface area (Å²) >= 11 is 0. The minimum Gasteiger partial charge on any atom is -0.392 e. The molecule has 116 valence electrons. The topological polar surface area (TPSA) is 49.3 Å². The lowest BCUT2D eigenvalue weighted by Gasteiger charge is -2.11. The van der Waals surface area contributed by atoms with Crippen molar-refractivity contribution in [2.75, 3.05) is 6.54 Å². The normalized spacial score (nSPS) is 12.1. The van der Waals surface area contributed by atoms with Crippen molar-refractivity contribution in [3.8, 4) is 0 Å². The molecule has 2 N–H and O–H groups in total. The zero-order valence-electron chi connectivity index (χ0n) is 12.3. The molecule has 0 aliphatic heterocycles. The molecular weight excluding hydrogens is 281 g/mol. The average Bonchev–Trinajstić information content (AvgIpc) is 2.54. The van der Waals surface area contributed by atoms with Gasteiger partial charge in [0, 0.05) is 25.1 Å². The van der Waals surface area contributed by atoms with Crippen LogP contribution in [0, 0.1) is 5.82 Å². The third-order valence-corrected chi connectivity index (χ3v) is 3.42. The Morgan fingerprint density at radius 1 is 1.09 bits per heavy atom. The number of carbonyl (C=O) groups excluding carboxylic acids is 1. The summed E-state index contributed by atoms with van der Waals surface area (Å²) in [6, 6.07) is 15.4. The molecule has 4 heteroatoms. The van der Waals surface area contributed by atoms with Crippen LogP contribution >= 0.6 is 0 Å². The summed E-state index contributed by atoms with van der Waals surface area (Å²) in [4.78, 5) is 11.9. The molecule has 1 atom stereocenters. The second-order valence-electron chi connectivity index (χ2n) is 5.24. The maximum atomic E-state index is 12.8. The van der Waals surface area contributed by atoms with Crippen LogP contribution in [0.1, 0.15) is 28.8 Å². The maximum Gasteiger partial charge on any atom is 0.162 e. The van der Waals surface area contributed by atoms with Crippen molar-refractivity contribution in [3.05, 3.63) is 71.5 Å². The highest BCUT2D eigenvalue weighted by molar-refractivity contribution is 5.95. The zero-order chi connectivity index (χ0) is 15.8. The molecular formula is C18H20FNO2. The molecule has 0 radical (unpaired) electrons. The molecule has 0 bridgehead atoms. The number of nitrogens with one attached hydrogen (secondary N) is 1. The van der Waals surface area contributed by atoms with Crippen molar-refractivity contribution in [2.24, 2.45) is 0 Å². The van der Waals surface area contributed by atoms with E-state index in [4.69, 9.17) is 0 Å². The number of Topliss-reactive ketones (excluding diaryl/α,β-unsaturated/α-hetero) is 1. The predicted molar refractivity (Wildman–Crippen MR) is 84.1 cm³/mol. The fraction of sp³-hybridized carbons (Fsp3) is 0.278. The standard InChI is InChI=1S/C18H20FNO2/c19-16-8-6-15(7-9-16)18(22)11-10-17(21)13-20-12-14-4-2-1-3-5-14/h1-9,17,20-21H,10-13H2. The molecule has 0 aliphatic rings. The number of halogens is 1. The molecule has 0 amide bonds. The second kappa shape index (κ2) is 8.41. The molecule has 2 aromatic carbocycles. The van der Waals surface area contributed by atoms with Crippen LogP contribution in [-0.4, -0.2) is 23.5 Å². The van der Waals surface area contributed by atoms with E-state index >= 15 is 0 Å². The monoisotopic (exact) mass is 301 g/mol. The smallest absolute Gasteiger partial charge is 0.162 e. The van der Waals surface area contributed by atoms with Crippen molar-refractivity contribution in [3.63, 3.8) is 0 Å². The van der Waals surface area contributed by atoms with Crippen LogP contribution in [0.3, 0.4) is 0 Å². The summed E-state index contributed by atoms with van der Waals surface area (Å²) in [5.41, 5.74) is 1.63. The molecule has 2 rings (SSSR count). The van der Waals surface area contributed by atoms with Crippen molar-refractivity contribution >= 4 is 5.78 Å². The van der Waals surface area contributed by atoms with Gasteiger partial charge < -0.3 is 10.4 Å². The SMILES string of the molecule is O=C(CCC(O)CNCc1ccccc1)c1ccc(F)cc1. The van der Waals surface area contributed by atoms with Gasteiger partial charge in [-0.25, -0.2) is 4.39 Å². The second-order valence-corrected chi connectivity index (χ2v) is 5.24. The largest absolute Gasteiger partial charge is 0.392 e. The van der Waals surface area contributed by atoms with Crippen LogP contribution in [0.15, 0.2) is 54.6 Å². The Balaban J connectivity index is 1.68. The first-order valence-corrected chi connectivity index (χ1v) is 7.36. The summed E-state index contributed by atoms with van der Waals surface area (Å²) in [5.74, 6) is -0.441. The number of hydrogen-bond donors (Lipinski definition) is 2. The Bertz CT molecular complexity index is 584. The lowest BCUT2D eigenvalue weighted by Crippen LogP contribution is -2.26. The summed E-state index contributed by atoms with van der Waals surface area (Å²) in [6.45, 7) is 1.12. The number of aliphatic hydroxyl groups excluding tert-OH is 1.